The maximum Gasteiger partial charge on any atom is 0.310 e. The molecule has 0 aromatic heterocycles. The van der Waals surface area contributed by atoms with Crippen LogP contribution in [0.25, 0.3) is 0 Å². The lowest BCUT2D eigenvalue weighted by Crippen LogP contribution is -2.45. The Labute approximate surface area is 212 Å². The summed E-state index contributed by atoms with van der Waals surface area (Å²) in [6.07, 6.45) is 3.74. The van der Waals surface area contributed by atoms with E-state index >= 15 is 0 Å². The first kappa shape index (κ1) is 24.8. The van der Waals surface area contributed by atoms with Crippen molar-refractivity contribution in [2.75, 3.05) is 22.1 Å². The standard InChI is InChI=1S/C22H34I2O7/c1-3-26-12(2)28-18(25)9-14(30-19-6-4-5-7-27-19)13-8-15-20-16(10-23)29-17(11-24)21(20)22(13)31-15/h12-17,19-22H,3-11H2,1-2H3. The Morgan fingerprint density at radius 1 is 1.13 bits per heavy atom. The maximum absolute atomic E-state index is 12.7. The van der Waals surface area contributed by atoms with Crippen LogP contribution in [0.5, 0.6) is 0 Å². The van der Waals surface area contributed by atoms with Gasteiger partial charge in [-0.25, -0.2) is 0 Å². The molecule has 7 nitrogen and oxygen atoms in total. The quantitative estimate of drug-likeness (QED) is 0.152. The molecule has 2 bridgehead atoms. The van der Waals surface area contributed by atoms with Crippen LogP contribution < -0.4 is 0 Å². The first-order valence-electron chi connectivity index (χ1n) is 11.6. The first-order valence-corrected chi connectivity index (χ1v) is 14.6. The topological polar surface area (TPSA) is 72.5 Å². The van der Waals surface area contributed by atoms with Crippen LogP contribution in [0, 0.1) is 17.8 Å². The molecule has 0 aromatic rings. The zero-order valence-corrected chi connectivity index (χ0v) is 22.6. The van der Waals surface area contributed by atoms with Crippen molar-refractivity contribution in [1.82, 2.24) is 0 Å². The van der Waals surface area contributed by atoms with E-state index in [1.807, 2.05) is 6.92 Å². The minimum Gasteiger partial charge on any atom is -0.436 e. The Balaban J connectivity index is 1.47. The smallest absolute Gasteiger partial charge is 0.310 e. The number of rotatable bonds is 10. The van der Waals surface area contributed by atoms with Crippen LogP contribution in [0.1, 0.15) is 46.0 Å². The first-order chi connectivity index (χ1) is 15.0. The summed E-state index contributed by atoms with van der Waals surface area (Å²) in [5.41, 5.74) is 0. The maximum atomic E-state index is 12.7. The number of carbonyl (C=O) groups excluding carboxylic acids is 1. The van der Waals surface area contributed by atoms with Crippen LogP contribution >= 0.6 is 45.2 Å². The number of ether oxygens (including phenoxy) is 6. The zero-order valence-electron chi connectivity index (χ0n) is 18.3. The van der Waals surface area contributed by atoms with Crippen LogP contribution in [0.3, 0.4) is 0 Å². The number of alkyl halides is 2. The molecule has 178 valence electrons. The van der Waals surface area contributed by atoms with E-state index in [4.69, 9.17) is 28.4 Å². The lowest BCUT2D eigenvalue weighted by Gasteiger charge is -2.37. The second-order valence-corrected chi connectivity index (χ2v) is 10.7. The van der Waals surface area contributed by atoms with Crippen molar-refractivity contribution < 1.29 is 33.2 Å². The van der Waals surface area contributed by atoms with E-state index < -0.39 is 6.29 Å². The average Bonchev–Trinajstić information content (AvgIpc) is 3.45. The van der Waals surface area contributed by atoms with Gasteiger partial charge in [0.25, 0.3) is 0 Å². The lowest BCUT2D eigenvalue weighted by atomic mass is 9.70. The summed E-state index contributed by atoms with van der Waals surface area (Å²) >= 11 is 4.85. The Hall–Kier alpha value is 0.730. The summed E-state index contributed by atoms with van der Waals surface area (Å²) in [5.74, 6) is 0.680. The molecule has 0 aromatic carbocycles. The lowest BCUT2D eigenvalue weighted by molar-refractivity contribution is -0.211. The summed E-state index contributed by atoms with van der Waals surface area (Å²) in [5, 5.41) is 0. The molecule has 0 N–H and O–H groups in total. The van der Waals surface area contributed by atoms with Gasteiger partial charge in [-0.05, 0) is 39.5 Å². The van der Waals surface area contributed by atoms with Crippen LogP contribution in [0.15, 0.2) is 0 Å². The molecule has 0 amide bonds. The molecule has 4 rings (SSSR count). The van der Waals surface area contributed by atoms with Gasteiger partial charge in [-0.3, -0.25) is 4.79 Å². The van der Waals surface area contributed by atoms with Crippen molar-refractivity contribution in [3.63, 3.8) is 0 Å². The molecule has 10 unspecified atom stereocenters. The molecule has 9 heteroatoms. The van der Waals surface area contributed by atoms with Gasteiger partial charge in [-0.15, -0.1) is 0 Å². The molecule has 0 saturated carbocycles. The number of fused-ring (bicyclic) bond motifs is 5. The Morgan fingerprint density at radius 3 is 2.58 bits per heavy atom. The van der Waals surface area contributed by atoms with Crippen LogP contribution in [-0.4, -0.2) is 71.1 Å². The van der Waals surface area contributed by atoms with Crippen molar-refractivity contribution in [2.24, 2.45) is 17.8 Å². The molecule has 31 heavy (non-hydrogen) atoms. The molecule has 4 fully saturated rings. The predicted molar refractivity (Wildman–Crippen MR) is 130 cm³/mol. The van der Waals surface area contributed by atoms with Crippen LogP contribution in [0.2, 0.25) is 0 Å². The van der Waals surface area contributed by atoms with E-state index in [1.54, 1.807) is 6.92 Å². The van der Waals surface area contributed by atoms with Crippen molar-refractivity contribution in [1.29, 1.82) is 0 Å². The second kappa shape index (κ2) is 11.4. The molecular formula is C22H34I2O7. The van der Waals surface area contributed by atoms with E-state index in [2.05, 4.69) is 45.2 Å². The Morgan fingerprint density at radius 2 is 1.90 bits per heavy atom. The van der Waals surface area contributed by atoms with Crippen molar-refractivity contribution in [3.8, 4) is 0 Å². The number of halogens is 2. The van der Waals surface area contributed by atoms with Gasteiger partial charge in [0.15, 0.2) is 12.6 Å². The highest BCUT2D eigenvalue weighted by atomic mass is 127. The molecule has 4 heterocycles. The van der Waals surface area contributed by atoms with Gasteiger partial charge >= 0.3 is 5.97 Å². The molecule has 4 aliphatic rings. The minimum absolute atomic E-state index is 0.0634. The van der Waals surface area contributed by atoms with Gasteiger partial charge in [0.05, 0.1) is 36.9 Å². The molecule has 0 radical (unpaired) electrons. The van der Waals surface area contributed by atoms with E-state index in [-0.39, 0.29) is 55.1 Å². The molecule has 4 saturated heterocycles. The predicted octanol–water partition coefficient (Wildman–Crippen LogP) is 3.87. The summed E-state index contributed by atoms with van der Waals surface area (Å²) < 4.78 is 37.9. The number of esters is 1. The highest BCUT2D eigenvalue weighted by Gasteiger charge is 2.63. The van der Waals surface area contributed by atoms with Crippen molar-refractivity contribution in [2.45, 2.75) is 89.1 Å². The monoisotopic (exact) mass is 664 g/mol. The van der Waals surface area contributed by atoms with Gasteiger partial charge < -0.3 is 28.4 Å². The van der Waals surface area contributed by atoms with Crippen LogP contribution in [-0.2, 0) is 33.2 Å². The molecule has 10 atom stereocenters. The highest BCUT2D eigenvalue weighted by molar-refractivity contribution is 14.1. The fourth-order valence-corrected chi connectivity index (χ4v) is 7.42. The normalized spacial score (nSPS) is 41.2. The van der Waals surface area contributed by atoms with E-state index in [9.17, 15) is 4.79 Å². The molecule has 0 aliphatic carbocycles. The van der Waals surface area contributed by atoms with Gasteiger partial charge in [0, 0.05) is 39.8 Å². The third-order valence-corrected chi connectivity index (χ3v) is 8.77. The summed E-state index contributed by atoms with van der Waals surface area (Å²) in [6, 6.07) is 0. The number of hydrogen-bond acceptors (Lipinski definition) is 7. The van der Waals surface area contributed by atoms with Gasteiger partial charge in [0.1, 0.15) is 0 Å². The fraction of sp³-hybridized carbons (Fsp3) is 0.955. The highest BCUT2D eigenvalue weighted by Crippen LogP contribution is 2.56. The van der Waals surface area contributed by atoms with Crippen molar-refractivity contribution in [3.05, 3.63) is 0 Å². The third kappa shape index (κ3) is 5.53. The fourth-order valence-electron chi connectivity index (χ4n) is 5.83. The Kier molecular flexibility index (Phi) is 9.17. The molecule has 4 aliphatic heterocycles. The van der Waals surface area contributed by atoms with E-state index in [0.717, 1.165) is 34.5 Å². The molecular weight excluding hydrogens is 630 g/mol. The second-order valence-electron chi connectivity index (χ2n) is 8.90. The summed E-state index contributed by atoms with van der Waals surface area (Å²) in [4.78, 5) is 12.7. The van der Waals surface area contributed by atoms with Gasteiger partial charge in [-0.1, -0.05) is 45.2 Å². The zero-order chi connectivity index (χ0) is 22.0. The Bertz CT molecular complexity index is 602. The van der Waals surface area contributed by atoms with Gasteiger partial charge in [0.2, 0.25) is 0 Å². The summed E-state index contributed by atoms with van der Waals surface area (Å²) in [7, 11) is 0. The van der Waals surface area contributed by atoms with Gasteiger partial charge in [-0.2, -0.15) is 0 Å². The molecule has 0 spiro atoms. The SMILES string of the molecule is CCOC(C)OC(=O)CC(OC1CCCCO1)C1CC2OC1C1C(CI)OC(CI)C21. The van der Waals surface area contributed by atoms with Crippen LogP contribution in [0.4, 0.5) is 0 Å². The minimum atomic E-state index is -0.555. The van der Waals surface area contributed by atoms with Crippen molar-refractivity contribution >= 4 is 51.2 Å². The average molecular weight is 664 g/mol. The van der Waals surface area contributed by atoms with E-state index in [1.165, 1.54) is 0 Å². The largest absolute Gasteiger partial charge is 0.436 e. The number of hydrogen-bond donors (Lipinski definition) is 0. The van der Waals surface area contributed by atoms with E-state index in [0.29, 0.717) is 25.0 Å². The number of carbonyl (C=O) groups is 1. The summed E-state index contributed by atoms with van der Waals surface area (Å²) in [6.45, 7) is 4.85. The third-order valence-electron chi connectivity index (χ3n) is 7.03.